The van der Waals surface area contributed by atoms with Gasteiger partial charge in [0.2, 0.25) is 0 Å². The Morgan fingerprint density at radius 1 is 0.321 bits per heavy atom. The minimum Gasteiger partial charge on any atom is -0.514 e. The van der Waals surface area contributed by atoms with Gasteiger partial charge in [0.15, 0.2) is 0 Å². The van der Waals surface area contributed by atoms with E-state index < -0.39 is 0 Å². The van der Waals surface area contributed by atoms with Gasteiger partial charge in [0.1, 0.15) is 5.58 Å². The molecule has 0 fully saturated rings. The van der Waals surface area contributed by atoms with Gasteiger partial charge in [-0.1, -0.05) is 200 Å². The molecule has 0 atom stereocenters. The van der Waals surface area contributed by atoms with Gasteiger partial charge in [0.05, 0.1) is 0 Å². The summed E-state index contributed by atoms with van der Waals surface area (Å²) in [6, 6.07) is 153. The van der Waals surface area contributed by atoms with Gasteiger partial charge in [0.25, 0.3) is 0 Å². The summed E-state index contributed by atoms with van der Waals surface area (Å²) < 4.78 is 7.85. The SMILES string of the molecule is CC1(C)c2ccccc2-c2c[c-]c(-n3cccn3)cc21.CN1C=CN(c2[c-]ccc3c2oc2ccccc23)[CH-]1.[Ir].[Ir].[Ir].[Ir].[Ir].[Pt].[c-]1ccc(-c2ccccc2)cc1-c1ccccn1.[c-]1ccccc1-c1ccccn1.[c-]1ccccc1-c1ccccn1.[c-]1ccccc1-c1ccccn1.[c-]1ccccc1-c1nccc2ccccc12.[c-]1ccccc1-c1nccc2ccccc12. The number of furan rings is 1. The molecular weight excluding hydrogens is 2680 g/mol. The Morgan fingerprint density at radius 3 is 1.24 bits per heavy atom. The summed E-state index contributed by atoms with van der Waals surface area (Å²) in [4.78, 5) is 29.9. The number of aromatic nitrogens is 8. The Kier molecular flexibility index (Phi) is 39.4. The molecule has 1 aliphatic heterocycles. The Bertz CT molecular complexity index is 6520. The van der Waals surface area contributed by atoms with Crippen LogP contribution >= 0.6 is 0 Å². The van der Waals surface area contributed by atoms with Crippen LogP contribution in [-0.4, -0.2) is 51.6 Å². The zero-order chi connectivity index (χ0) is 85.0. The molecule has 23 rings (SSSR count). The molecule has 1 aliphatic carbocycles. The number of pyridine rings is 6. The number of fused-ring (bicyclic) bond motifs is 8. The quantitative estimate of drug-likeness (QED) is 0.129. The number of nitrogens with zero attached hydrogens (tertiary/aromatic N) is 10. The van der Waals surface area contributed by atoms with E-state index in [-0.39, 0.29) is 127 Å². The predicted octanol–water partition coefficient (Wildman–Crippen LogP) is 27.0. The van der Waals surface area contributed by atoms with Crippen molar-refractivity contribution < 1.29 is 126 Å². The van der Waals surface area contributed by atoms with Crippen molar-refractivity contribution in [2.45, 2.75) is 19.3 Å². The number of benzene rings is 13. The standard InChI is InChI=1S/C18H15N2.C17H12N.C16H12N2O.2C15H10N.3C11H8N.5Ir.Pt/c1-18(2)16-7-4-3-6-14(16)15-9-8-13(12-17(15)18)20-11-5-10-19-20;1-2-7-14(8-3-1)15-9-6-10-16(13-15)17-11-4-5-12-18-17;1-17-9-10-18(11-17)14-7-4-6-13-12-5-2-3-8-15(12)19-16(13)14;2*1-2-7-13(8-3-1)15-14-9-5-4-6-12(14)10-11-16-15;3*1-2-6-10(7-3-1)11-8-4-5-9-12-11;;;;;;/h3-7,9-12H,1-2H3;1-9,11-13H;2-6,8-11H,1H3;2*1-7,9-11H;3*1-6,8-9H;;;;;;/q2*-1;-2;5*-1;;;;;;. The van der Waals surface area contributed by atoms with E-state index in [1.807, 2.05) is 350 Å². The van der Waals surface area contributed by atoms with E-state index in [9.17, 15) is 0 Å². The first-order valence-corrected chi connectivity index (χ1v) is 41.0. The van der Waals surface area contributed by atoms with Crippen molar-refractivity contribution in [1.82, 2.24) is 44.6 Å². The maximum absolute atomic E-state index is 5.99. The van der Waals surface area contributed by atoms with Crippen LogP contribution in [0.4, 0.5) is 5.69 Å². The summed E-state index contributed by atoms with van der Waals surface area (Å²) in [7, 11) is 2.00. The van der Waals surface area contributed by atoms with Gasteiger partial charge in [-0.3, -0.25) is 4.68 Å². The topological polar surface area (TPSA) is 115 Å². The van der Waals surface area contributed by atoms with Crippen LogP contribution < -0.4 is 4.90 Å². The fourth-order valence-electron chi connectivity index (χ4n) is 14.5. The first-order chi connectivity index (χ1) is 61.7. The van der Waals surface area contributed by atoms with Gasteiger partial charge in [-0.2, -0.15) is 42.1 Å². The van der Waals surface area contributed by atoms with E-state index in [2.05, 4.69) is 188 Å². The molecule has 11 nitrogen and oxygen atoms in total. The molecule has 8 aromatic heterocycles. The van der Waals surface area contributed by atoms with E-state index >= 15 is 0 Å². The Morgan fingerprint density at radius 2 is 0.763 bits per heavy atom. The van der Waals surface area contributed by atoms with E-state index in [0.717, 1.165) is 101 Å². The van der Waals surface area contributed by atoms with Gasteiger partial charge in [-0.15, -0.1) is 232 Å². The molecule has 659 valence electrons. The van der Waals surface area contributed by atoms with Crippen LogP contribution in [-0.2, 0) is 127 Å². The van der Waals surface area contributed by atoms with E-state index in [4.69, 9.17) is 4.42 Å². The molecule has 2 aliphatic rings. The number of rotatable bonds is 9. The largest absolute Gasteiger partial charge is 0.514 e. The minimum absolute atomic E-state index is 0. The second-order valence-electron chi connectivity index (χ2n) is 29.3. The monoisotopic (exact) mass is 2770 g/mol. The molecule has 13 aromatic carbocycles. The Labute approximate surface area is 848 Å². The molecule has 17 heteroatoms. The first kappa shape index (κ1) is 101. The fourth-order valence-corrected chi connectivity index (χ4v) is 14.5. The normalized spacial score (nSPS) is 11.1. The van der Waals surface area contributed by atoms with Crippen molar-refractivity contribution in [3.8, 4) is 95.5 Å². The molecule has 0 spiro atoms. The van der Waals surface area contributed by atoms with E-state index in [0.29, 0.717) is 0 Å². The number of para-hydroxylation sites is 1. The molecule has 9 heterocycles. The fraction of sp³-hybridized carbons (Fsp3) is 0.0351. The van der Waals surface area contributed by atoms with Crippen molar-refractivity contribution in [2.75, 3.05) is 11.9 Å². The van der Waals surface area contributed by atoms with Crippen LogP contribution in [0.2, 0.25) is 0 Å². The second kappa shape index (κ2) is 51.2. The average molecular weight is 2770 g/mol. The molecule has 0 N–H and O–H groups in total. The second-order valence-corrected chi connectivity index (χ2v) is 29.3. The van der Waals surface area contributed by atoms with Crippen molar-refractivity contribution in [1.29, 1.82) is 0 Å². The van der Waals surface area contributed by atoms with Crippen LogP contribution in [0.3, 0.4) is 0 Å². The molecule has 5 radical (unpaired) electrons. The molecular formula is C114H83Ir5N10OPt-9. The van der Waals surface area contributed by atoms with Crippen molar-refractivity contribution in [3.63, 3.8) is 0 Å². The summed E-state index contributed by atoms with van der Waals surface area (Å²) in [6.07, 6.45) is 18.6. The van der Waals surface area contributed by atoms with Gasteiger partial charge in [0, 0.05) is 182 Å². The van der Waals surface area contributed by atoms with Gasteiger partial charge in [-0.25, -0.2) is 0 Å². The molecule has 131 heavy (non-hydrogen) atoms. The maximum atomic E-state index is 5.99. The van der Waals surface area contributed by atoms with Gasteiger partial charge < -0.3 is 44.1 Å². The van der Waals surface area contributed by atoms with Crippen molar-refractivity contribution in [2.24, 2.45) is 0 Å². The summed E-state index contributed by atoms with van der Waals surface area (Å²) >= 11 is 0. The number of hydrogen-bond acceptors (Lipinski definition) is 10. The van der Waals surface area contributed by atoms with Crippen LogP contribution in [0.15, 0.2) is 449 Å². The Balaban J connectivity index is 0.000000155. The molecule has 0 saturated heterocycles. The van der Waals surface area contributed by atoms with Crippen LogP contribution in [0.1, 0.15) is 25.0 Å². The number of anilines is 1. The molecule has 0 saturated carbocycles. The zero-order valence-electron chi connectivity index (χ0n) is 71.1. The summed E-state index contributed by atoms with van der Waals surface area (Å²) in [6.45, 7) is 6.56. The van der Waals surface area contributed by atoms with E-state index in [1.165, 1.54) is 54.9 Å². The van der Waals surface area contributed by atoms with Crippen molar-refractivity contribution >= 4 is 49.2 Å². The van der Waals surface area contributed by atoms with E-state index in [1.54, 1.807) is 31.0 Å². The maximum Gasteiger partial charge on any atom is 0.116 e. The third-order valence-corrected chi connectivity index (χ3v) is 20.7. The van der Waals surface area contributed by atoms with Crippen LogP contribution in [0.5, 0.6) is 0 Å². The van der Waals surface area contributed by atoms with Gasteiger partial charge in [-0.05, 0) is 146 Å². The number of hydrogen-bond donors (Lipinski definition) is 0. The predicted molar refractivity (Wildman–Crippen MR) is 508 cm³/mol. The zero-order valence-corrected chi connectivity index (χ0v) is 85.3. The third-order valence-electron chi connectivity index (χ3n) is 20.7. The van der Waals surface area contributed by atoms with Gasteiger partial charge >= 0.3 is 0 Å². The average Bonchev–Trinajstić information content (AvgIpc) is 1.59. The molecule has 21 aromatic rings. The summed E-state index contributed by atoms with van der Waals surface area (Å²) in [5.41, 5.74) is 23.6. The first-order valence-electron chi connectivity index (χ1n) is 41.0. The van der Waals surface area contributed by atoms with Crippen LogP contribution in [0.25, 0.3) is 139 Å². The summed E-state index contributed by atoms with van der Waals surface area (Å²) in [5.74, 6) is 0. The molecule has 0 amide bonds. The van der Waals surface area contributed by atoms with Crippen LogP contribution in [0, 0.1) is 55.2 Å². The minimum atomic E-state index is 0. The smallest absolute Gasteiger partial charge is 0.116 e. The summed E-state index contributed by atoms with van der Waals surface area (Å²) in [5, 5.41) is 11.3. The molecule has 0 unspecified atom stereocenters. The van der Waals surface area contributed by atoms with Crippen molar-refractivity contribution in [3.05, 3.63) is 510 Å². The molecule has 0 bridgehead atoms. The Hall–Kier alpha value is -12.4. The third kappa shape index (κ3) is 26.3.